The highest BCUT2D eigenvalue weighted by Crippen LogP contribution is 2.68. The van der Waals surface area contributed by atoms with Gasteiger partial charge in [-0.1, -0.05) is 41.0 Å². The van der Waals surface area contributed by atoms with E-state index in [1.807, 2.05) is 13.8 Å². The van der Waals surface area contributed by atoms with Crippen LogP contribution < -0.4 is 0 Å². The Kier molecular flexibility index (Phi) is 6.25. The van der Waals surface area contributed by atoms with Crippen LogP contribution in [0.3, 0.4) is 0 Å². The fourth-order valence-corrected chi connectivity index (χ4v) is 8.33. The lowest BCUT2D eigenvalue weighted by Crippen LogP contribution is -2.53. The molecule has 8 atom stereocenters. The summed E-state index contributed by atoms with van der Waals surface area (Å²) in [5.41, 5.74) is 1.12. The van der Waals surface area contributed by atoms with E-state index in [0.717, 1.165) is 36.0 Å². The Bertz CT molecular complexity index is 485. The van der Waals surface area contributed by atoms with E-state index in [2.05, 4.69) is 20.8 Å². The van der Waals surface area contributed by atoms with Gasteiger partial charge in [-0.25, -0.2) is 0 Å². The molecule has 4 fully saturated rings. The fraction of sp³-hybridized carbons (Fsp3) is 0.960. The van der Waals surface area contributed by atoms with Crippen LogP contribution >= 0.6 is 0 Å². The Labute approximate surface area is 163 Å². The van der Waals surface area contributed by atoms with E-state index in [1.165, 1.54) is 70.5 Å². The van der Waals surface area contributed by atoms with E-state index in [1.54, 1.807) is 0 Å². The highest BCUT2D eigenvalue weighted by atomic mass is 16.1. The third kappa shape index (κ3) is 3.10. The molecule has 0 radical (unpaired) electrons. The zero-order chi connectivity index (χ0) is 18.9. The van der Waals surface area contributed by atoms with E-state index in [9.17, 15) is 4.79 Å². The lowest BCUT2D eigenvalue weighted by Gasteiger charge is -2.61. The Morgan fingerprint density at radius 3 is 2.27 bits per heavy atom. The number of aldehydes is 1. The van der Waals surface area contributed by atoms with Crippen LogP contribution in [-0.2, 0) is 4.79 Å². The third-order valence-corrected chi connectivity index (χ3v) is 9.93. The second-order valence-electron chi connectivity index (χ2n) is 10.4. The Morgan fingerprint density at radius 1 is 0.885 bits per heavy atom. The first-order valence-electron chi connectivity index (χ1n) is 12.0. The molecule has 0 heterocycles. The van der Waals surface area contributed by atoms with Crippen LogP contribution in [0.25, 0.3) is 0 Å². The van der Waals surface area contributed by atoms with Crippen molar-refractivity contribution >= 4 is 6.29 Å². The van der Waals surface area contributed by atoms with Crippen LogP contribution in [0.4, 0.5) is 0 Å². The Balaban J connectivity index is 0.000000948. The molecule has 0 saturated heterocycles. The summed E-state index contributed by atoms with van der Waals surface area (Å²) in [6.07, 6.45) is 16.5. The van der Waals surface area contributed by atoms with Crippen LogP contribution in [0.5, 0.6) is 0 Å². The van der Waals surface area contributed by atoms with E-state index in [0.29, 0.717) is 16.7 Å². The van der Waals surface area contributed by atoms with Crippen molar-refractivity contribution in [1.29, 1.82) is 0 Å². The van der Waals surface area contributed by atoms with Crippen molar-refractivity contribution in [3.8, 4) is 0 Å². The normalized spacial score (nSPS) is 49.9. The standard InChI is InChI=1S/C23H38O.C2H6/c1-4-16-9-12-23(3)18(15-16)5-7-19-20-8-6-17(11-14-24)22(20,2)13-10-21(19)23;1-2/h14,16-21H,4-13,15H2,1-3H3;1-2H3/t16-,17?,18+,19-,20?,21?,22+,23-;/m0./s1. The minimum absolute atomic E-state index is 0.478. The number of hydrogen-bond donors (Lipinski definition) is 0. The summed E-state index contributed by atoms with van der Waals surface area (Å²) in [5.74, 6) is 5.58. The first-order valence-corrected chi connectivity index (χ1v) is 12.0. The van der Waals surface area contributed by atoms with Crippen LogP contribution in [0, 0.1) is 46.3 Å². The van der Waals surface area contributed by atoms with Gasteiger partial charge < -0.3 is 4.79 Å². The average Bonchev–Trinajstić information content (AvgIpc) is 2.99. The molecule has 1 heteroatoms. The molecule has 0 bridgehead atoms. The number of carbonyl (C=O) groups excluding carboxylic acids is 1. The molecule has 26 heavy (non-hydrogen) atoms. The van der Waals surface area contributed by atoms with Gasteiger partial charge >= 0.3 is 0 Å². The monoisotopic (exact) mass is 360 g/mol. The predicted octanol–water partition coefficient (Wildman–Crippen LogP) is 7.29. The van der Waals surface area contributed by atoms with Crippen LogP contribution in [0.2, 0.25) is 0 Å². The maximum absolute atomic E-state index is 11.2. The first kappa shape index (κ1) is 20.4. The predicted molar refractivity (Wildman–Crippen MR) is 111 cm³/mol. The Hall–Kier alpha value is -0.330. The van der Waals surface area contributed by atoms with E-state index in [-0.39, 0.29) is 0 Å². The molecule has 4 aliphatic rings. The maximum Gasteiger partial charge on any atom is 0.120 e. The summed E-state index contributed by atoms with van der Waals surface area (Å²) in [7, 11) is 0. The van der Waals surface area contributed by atoms with Crippen molar-refractivity contribution in [2.75, 3.05) is 0 Å². The SMILES string of the molecule is CC.CC[C@H]1CC[C@]2(C)C3CC[C@]4(C)C(CC=O)CCC4[C@@H]3CC[C@@H]2C1. The topological polar surface area (TPSA) is 17.1 Å². The highest BCUT2D eigenvalue weighted by molar-refractivity contribution is 5.50. The number of hydrogen-bond acceptors (Lipinski definition) is 1. The van der Waals surface area contributed by atoms with Gasteiger partial charge in [-0.3, -0.25) is 0 Å². The van der Waals surface area contributed by atoms with Crippen molar-refractivity contribution in [1.82, 2.24) is 0 Å². The van der Waals surface area contributed by atoms with Gasteiger partial charge in [-0.05, 0) is 104 Å². The lowest BCUT2D eigenvalue weighted by molar-refractivity contribution is -0.122. The van der Waals surface area contributed by atoms with Gasteiger partial charge in [-0.2, -0.15) is 0 Å². The Morgan fingerprint density at radius 2 is 1.58 bits per heavy atom. The zero-order valence-electron chi connectivity index (χ0n) is 18.2. The zero-order valence-corrected chi connectivity index (χ0v) is 18.2. The van der Waals surface area contributed by atoms with Crippen LogP contribution in [-0.4, -0.2) is 6.29 Å². The molecule has 3 unspecified atom stereocenters. The van der Waals surface area contributed by atoms with Crippen LogP contribution in [0.15, 0.2) is 0 Å². The highest BCUT2D eigenvalue weighted by Gasteiger charge is 2.59. The van der Waals surface area contributed by atoms with Crippen molar-refractivity contribution < 1.29 is 4.79 Å². The van der Waals surface area contributed by atoms with Gasteiger partial charge in [0.25, 0.3) is 0 Å². The molecule has 150 valence electrons. The minimum Gasteiger partial charge on any atom is -0.303 e. The third-order valence-electron chi connectivity index (χ3n) is 9.93. The van der Waals surface area contributed by atoms with Crippen LogP contribution in [0.1, 0.15) is 105 Å². The molecule has 4 saturated carbocycles. The van der Waals surface area contributed by atoms with Gasteiger partial charge in [0.15, 0.2) is 0 Å². The molecule has 0 aromatic heterocycles. The molecule has 0 aliphatic heterocycles. The van der Waals surface area contributed by atoms with Gasteiger partial charge in [0.2, 0.25) is 0 Å². The molecule has 4 aliphatic carbocycles. The fourth-order valence-electron chi connectivity index (χ4n) is 8.33. The van der Waals surface area contributed by atoms with Gasteiger partial charge in [0, 0.05) is 6.42 Å². The van der Waals surface area contributed by atoms with Gasteiger partial charge in [0.1, 0.15) is 6.29 Å². The van der Waals surface area contributed by atoms with Crippen molar-refractivity contribution in [2.24, 2.45) is 46.3 Å². The van der Waals surface area contributed by atoms with Crippen molar-refractivity contribution in [2.45, 2.75) is 105 Å². The van der Waals surface area contributed by atoms with Gasteiger partial charge in [0.05, 0.1) is 0 Å². The average molecular weight is 361 g/mol. The summed E-state index contributed by atoms with van der Waals surface area (Å²) in [6, 6.07) is 0. The molecule has 4 rings (SSSR count). The van der Waals surface area contributed by atoms with Crippen molar-refractivity contribution in [3.63, 3.8) is 0 Å². The first-order chi connectivity index (χ1) is 12.5. The molecule has 1 nitrogen and oxygen atoms in total. The summed E-state index contributed by atoms with van der Waals surface area (Å²) in [4.78, 5) is 11.2. The molecule has 0 amide bonds. The molecular formula is C25H44O. The molecule has 0 aromatic rings. The number of rotatable bonds is 3. The molecule has 0 aromatic carbocycles. The number of fused-ring (bicyclic) bond motifs is 5. The van der Waals surface area contributed by atoms with E-state index in [4.69, 9.17) is 0 Å². The maximum atomic E-state index is 11.2. The van der Waals surface area contributed by atoms with E-state index >= 15 is 0 Å². The van der Waals surface area contributed by atoms with Crippen molar-refractivity contribution in [3.05, 3.63) is 0 Å². The summed E-state index contributed by atoms with van der Waals surface area (Å²) in [5, 5.41) is 0. The molecule has 0 N–H and O–H groups in total. The summed E-state index contributed by atoms with van der Waals surface area (Å²) in [6.45, 7) is 11.6. The second kappa shape index (κ2) is 7.96. The number of carbonyl (C=O) groups is 1. The lowest BCUT2D eigenvalue weighted by atomic mass is 9.44. The van der Waals surface area contributed by atoms with Gasteiger partial charge in [-0.15, -0.1) is 0 Å². The molecular weight excluding hydrogens is 316 g/mol. The smallest absolute Gasteiger partial charge is 0.120 e. The summed E-state index contributed by atoms with van der Waals surface area (Å²) < 4.78 is 0. The van der Waals surface area contributed by atoms with E-state index < -0.39 is 0 Å². The molecule has 0 spiro atoms. The largest absolute Gasteiger partial charge is 0.303 e. The summed E-state index contributed by atoms with van der Waals surface area (Å²) >= 11 is 0. The minimum atomic E-state index is 0.478. The quantitative estimate of drug-likeness (QED) is 0.483. The second-order valence-corrected chi connectivity index (χ2v) is 10.4.